The van der Waals surface area contributed by atoms with Gasteiger partial charge in [0, 0.05) is 36.1 Å². The van der Waals surface area contributed by atoms with Crippen LogP contribution in [0.2, 0.25) is 0 Å². The first-order valence-electron chi connectivity index (χ1n) is 7.31. The maximum absolute atomic E-state index is 6.00. The van der Waals surface area contributed by atoms with Crippen molar-refractivity contribution >= 4 is 11.4 Å². The van der Waals surface area contributed by atoms with Gasteiger partial charge in [-0.3, -0.25) is 0 Å². The molecule has 19 heavy (non-hydrogen) atoms. The van der Waals surface area contributed by atoms with Crippen LogP contribution in [0, 0.1) is 5.92 Å². The summed E-state index contributed by atoms with van der Waals surface area (Å²) in [6.07, 6.45) is 5.28. The van der Waals surface area contributed by atoms with Crippen molar-refractivity contribution < 1.29 is 4.74 Å². The zero-order chi connectivity index (χ0) is 13.8. The molecular weight excluding hydrogens is 236 g/mol. The van der Waals surface area contributed by atoms with Gasteiger partial charge in [0.05, 0.1) is 7.11 Å². The molecule has 1 aromatic carbocycles. The highest BCUT2D eigenvalue weighted by atomic mass is 16.5. The van der Waals surface area contributed by atoms with Gasteiger partial charge in [0.2, 0.25) is 0 Å². The van der Waals surface area contributed by atoms with Crippen LogP contribution in [0.3, 0.4) is 0 Å². The van der Waals surface area contributed by atoms with E-state index in [1.807, 2.05) is 6.07 Å². The van der Waals surface area contributed by atoms with Crippen LogP contribution in [0.15, 0.2) is 18.2 Å². The third-order valence-electron chi connectivity index (χ3n) is 3.81. The molecule has 1 aromatic rings. The quantitative estimate of drug-likeness (QED) is 0.823. The van der Waals surface area contributed by atoms with Gasteiger partial charge in [-0.2, -0.15) is 0 Å². The molecule has 0 radical (unpaired) electrons. The molecule has 1 aliphatic rings. The molecule has 1 fully saturated rings. The lowest BCUT2D eigenvalue weighted by molar-refractivity contribution is 0.414. The summed E-state index contributed by atoms with van der Waals surface area (Å²) < 4.78 is 5.35. The molecule has 1 saturated carbocycles. The molecule has 0 atom stereocenters. The predicted octanol–water partition coefficient (Wildman–Crippen LogP) is 3.68. The Bertz CT molecular complexity index is 411. The van der Waals surface area contributed by atoms with Crippen molar-refractivity contribution in [2.24, 2.45) is 5.92 Å². The van der Waals surface area contributed by atoms with E-state index in [1.54, 1.807) is 7.11 Å². The highest BCUT2D eigenvalue weighted by Crippen LogP contribution is 2.32. The average molecular weight is 262 g/mol. The van der Waals surface area contributed by atoms with Crippen molar-refractivity contribution in [1.29, 1.82) is 0 Å². The monoisotopic (exact) mass is 262 g/mol. The maximum Gasteiger partial charge on any atom is 0.122 e. The van der Waals surface area contributed by atoms with Crippen LogP contribution in [0.5, 0.6) is 5.75 Å². The van der Waals surface area contributed by atoms with Crippen molar-refractivity contribution in [2.75, 3.05) is 24.3 Å². The second-order valence-electron chi connectivity index (χ2n) is 5.95. The van der Waals surface area contributed by atoms with Crippen LogP contribution in [-0.4, -0.2) is 19.7 Å². The number of nitrogens with zero attached hydrogens (tertiary/aromatic N) is 1. The topological polar surface area (TPSA) is 38.5 Å². The first-order valence-corrected chi connectivity index (χ1v) is 7.31. The van der Waals surface area contributed by atoms with E-state index in [-0.39, 0.29) is 0 Å². The van der Waals surface area contributed by atoms with E-state index in [1.165, 1.54) is 31.4 Å². The third-order valence-corrected chi connectivity index (χ3v) is 3.81. The summed E-state index contributed by atoms with van der Waals surface area (Å²) in [7, 11) is 1.70. The van der Waals surface area contributed by atoms with Crippen molar-refractivity contribution in [3.63, 3.8) is 0 Å². The molecule has 0 spiro atoms. The summed E-state index contributed by atoms with van der Waals surface area (Å²) in [4.78, 5) is 2.52. The molecule has 106 valence electrons. The Hall–Kier alpha value is -1.38. The Kier molecular flexibility index (Phi) is 4.56. The van der Waals surface area contributed by atoms with Crippen LogP contribution in [0.4, 0.5) is 11.4 Å². The number of hydrogen-bond donors (Lipinski definition) is 1. The highest BCUT2D eigenvalue weighted by Gasteiger charge is 2.24. The number of nitrogen functional groups attached to an aromatic ring is 1. The fraction of sp³-hybridized carbons (Fsp3) is 0.625. The Morgan fingerprint density at radius 3 is 2.53 bits per heavy atom. The van der Waals surface area contributed by atoms with Crippen molar-refractivity contribution in [2.45, 2.75) is 45.6 Å². The zero-order valence-electron chi connectivity index (χ0n) is 12.4. The molecule has 0 amide bonds. The lowest BCUT2D eigenvalue weighted by Gasteiger charge is -2.33. The summed E-state index contributed by atoms with van der Waals surface area (Å²) in [5, 5.41) is 0. The molecule has 0 unspecified atom stereocenters. The van der Waals surface area contributed by atoms with Crippen LogP contribution in [0.25, 0.3) is 0 Å². The first-order chi connectivity index (χ1) is 9.10. The lowest BCUT2D eigenvalue weighted by Crippen LogP contribution is -2.36. The van der Waals surface area contributed by atoms with Gasteiger partial charge in [0.25, 0.3) is 0 Å². The van der Waals surface area contributed by atoms with Crippen LogP contribution < -0.4 is 15.4 Å². The molecule has 2 N–H and O–H groups in total. The molecule has 0 saturated heterocycles. The van der Waals surface area contributed by atoms with Gasteiger partial charge in [-0.1, -0.05) is 26.7 Å². The minimum atomic E-state index is 0.646. The normalized spacial score (nSPS) is 16.0. The molecule has 2 rings (SSSR count). The van der Waals surface area contributed by atoms with Gasteiger partial charge in [-0.15, -0.1) is 0 Å². The van der Waals surface area contributed by atoms with Gasteiger partial charge >= 0.3 is 0 Å². The van der Waals surface area contributed by atoms with E-state index < -0.39 is 0 Å². The van der Waals surface area contributed by atoms with Gasteiger partial charge in [0.1, 0.15) is 5.75 Å². The maximum atomic E-state index is 6.00. The molecule has 3 heteroatoms. The largest absolute Gasteiger partial charge is 0.497 e. The Balaban J connectivity index is 2.28. The molecule has 1 aliphatic carbocycles. The van der Waals surface area contributed by atoms with E-state index in [4.69, 9.17) is 10.5 Å². The Labute approximate surface area is 116 Å². The predicted molar refractivity (Wildman–Crippen MR) is 81.8 cm³/mol. The van der Waals surface area contributed by atoms with E-state index in [9.17, 15) is 0 Å². The summed E-state index contributed by atoms with van der Waals surface area (Å²) in [6.45, 7) is 5.62. The molecule has 0 bridgehead atoms. The fourth-order valence-electron chi connectivity index (χ4n) is 2.96. The number of benzene rings is 1. The van der Waals surface area contributed by atoms with Gasteiger partial charge in [-0.05, 0) is 24.8 Å². The van der Waals surface area contributed by atoms with Crippen molar-refractivity contribution in [3.8, 4) is 5.75 Å². The SMILES string of the molecule is COc1cc(N)cc(N(CC(C)C)C2CCCC2)c1. The van der Waals surface area contributed by atoms with Crippen LogP contribution in [0.1, 0.15) is 39.5 Å². The zero-order valence-corrected chi connectivity index (χ0v) is 12.4. The van der Waals surface area contributed by atoms with Gasteiger partial charge in [0.15, 0.2) is 0 Å². The van der Waals surface area contributed by atoms with Gasteiger partial charge in [-0.25, -0.2) is 0 Å². The second kappa shape index (κ2) is 6.18. The molecule has 0 aromatic heterocycles. The first kappa shape index (κ1) is 14.0. The Morgan fingerprint density at radius 1 is 1.26 bits per heavy atom. The van der Waals surface area contributed by atoms with Crippen LogP contribution in [-0.2, 0) is 0 Å². The number of nitrogens with two attached hydrogens (primary N) is 1. The molecule has 0 heterocycles. The number of anilines is 2. The molecule has 3 nitrogen and oxygen atoms in total. The highest BCUT2D eigenvalue weighted by molar-refractivity contribution is 5.61. The average Bonchev–Trinajstić information content (AvgIpc) is 2.88. The minimum Gasteiger partial charge on any atom is -0.497 e. The number of hydrogen-bond acceptors (Lipinski definition) is 3. The summed E-state index contributed by atoms with van der Waals surface area (Å²) in [6, 6.07) is 6.72. The van der Waals surface area contributed by atoms with E-state index >= 15 is 0 Å². The lowest BCUT2D eigenvalue weighted by atomic mass is 10.1. The Morgan fingerprint density at radius 2 is 1.95 bits per heavy atom. The standard InChI is InChI=1S/C16H26N2O/c1-12(2)11-18(14-6-4-5-7-14)15-8-13(17)9-16(10-15)19-3/h8-10,12,14H,4-7,11,17H2,1-3H3. The van der Waals surface area contributed by atoms with E-state index in [2.05, 4.69) is 30.9 Å². The molecular formula is C16H26N2O. The van der Waals surface area contributed by atoms with Crippen molar-refractivity contribution in [1.82, 2.24) is 0 Å². The van der Waals surface area contributed by atoms with Crippen molar-refractivity contribution in [3.05, 3.63) is 18.2 Å². The van der Waals surface area contributed by atoms with Crippen LogP contribution >= 0.6 is 0 Å². The minimum absolute atomic E-state index is 0.646. The summed E-state index contributed by atoms with van der Waals surface area (Å²) in [5.74, 6) is 1.50. The summed E-state index contributed by atoms with van der Waals surface area (Å²) >= 11 is 0. The number of rotatable bonds is 5. The number of ether oxygens (including phenoxy) is 1. The van der Waals surface area contributed by atoms with E-state index in [0.29, 0.717) is 12.0 Å². The van der Waals surface area contributed by atoms with Gasteiger partial charge < -0.3 is 15.4 Å². The fourth-order valence-corrected chi connectivity index (χ4v) is 2.96. The van der Waals surface area contributed by atoms with E-state index in [0.717, 1.165) is 18.0 Å². The third kappa shape index (κ3) is 3.55. The number of methoxy groups -OCH3 is 1. The smallest absolute Gasteiger partial charge is 0.122 e. The summed E-state index contributed by atoms with van der Waals surface area (Å²) in [5.41, 5.74) is 7.98. The molecule has 0 aliphatic heterocycles. The second-order valence-corrected chi connectivity index (χ2v) is 5.95.